The zero-order valence-corrected chi connectivity index (χ0v) is 17.8. The summed E-state index contributed by atoms with van der Waals surface area (Å²) in [5, 5.41) is 3.74. The molecule has 2 heterocycles. The molecule has 1 aromatic heterocycles. The van der Waals surface area contributed by atoms with Gasteiger partial charge in [0.1, 0.15) is 0 Å². The Morgan fingerprint density at radius 2 is 2.03 bits per heavy atom. The highest BCUT2D eigenvalue weighted by atomic mass is 35.5. The molecule has 156 valence electrons. The molecule has 1 aromatic carbocycles. The van der Waals surface area contributed by atoms with E-state index in [1.54, 1.807) is 18.3 Å². The van der Waals surface area contributed by atoms with E-state index < -0.39 is 15.8 Å². The second kappa shape index (κ2) is 9.06. The second-order valence-corrected chi connectivity index (χ2v) is 9.46. The van der Waals surface area contributed by atoms with Gasteiger partial charge in [0.15, 0.2) is 9.84 Å². The Bertz CT molecular complexity index is 991. The van der Waals surface area contributed by atoms with Gasteiger partial charge < -0.3 is 10.1 Å². The molecule has 1 fully saturated rings. The Hall–Kier alpha value is -2.23. The fourth-order valence-corrected chi connectivity index (χ4v) is 4.11. The highest BCUT2D eigenvalue weighted by molar-refractivity contribution is 7.90. The summed E-state index contributed by atoms with van der Waals surface area (Å²) in [5.41, 5.74) is 0.905. The van der Waals surface area contributed by atoms with Gasteiger partial charge in [-0.25, -0.2) is 13.4 Å². The lowest BCUT2D eigenvalue weighted by molar-refractivity contribution is -0.132. The molecule has 1 N–H and O–H groups in total. The molecule has 2 aromatic rings. The molecule has 0 amide bonds. The second-order valence-electron chi connectivity index (χ2n) is 7.03. The molecular formula is C19H23ClN4O4S. The van der Waals surface area contributed by atoms with Gasteiger partial charge in [-0.2, -0.15) is 4.98 Å². The third-order valence-electron chi connectivity index (χ3n) is 4.65. The molecule has 0 aliphatic carbocycles. The van der Waals surface area contributed by atoms with Gasteiger partial charge >= 0.3 is 5.97 Å². The van der Waals surface area contributed by atoms with Crippen LogP contribution in [0, 0.1) is 0 Å². The van der Waals surface area contributed by atoms with Crippen molar-refractivity contribution in [1.82, 2.24) is 14.9 Å². The monoisotopic (exact) mass is 438 g/mol. The maximum absolute atomic E-state index is 11.6. The number of benzene rings is 1. The summed E-state index contributed by atoms with van der Waals surface area (Å²) in [5.74, 6) is 0.229. The van der Waals surface area contributed by atoms with Gasteiger partial charge in [0.25, 0.3) is 0 Å². The number of carbonyl (C=O) groups excluding carboxylic acids is 1. The zero-order chi connectivity index (χ0) is 21.0. The maximum Gasteiger partial charge on any atom is 0.309 e. The van der Waals surface area contributed by atoms with Crippen molar-refractivity contribution in [2.24, 2.45) is 0 Å². The summed E-state index contributed by atoms with van der Waals surface area (Å²) < 4.78 is 28.3. The molecule has 0 spiro atoms. The largest absolute Gasteiger partial charge is 0.407 e. The van der Waals surface area contributed by atoms with E-state index in [0.29, 0.717) is 17.5 Å². The number of esters is 1. The van der Waals surface area contributed by atoms with Crippen molar-refractivity contribution in [3.05, 3.63) is 41.0 Å². The molecule has 10 heteroatoms. The number of anilines is 1. The van der Waals surface area contributed by atoms with Crippen molar-refractivity contribution < 1.29 is 17.9 Å². The van der Waals surface area contributed by atoms with Crippen LogP contribution in [0.5, 0.6) is 5.88 Å². The molecule has 29 heavy (non-hydrogen) atoms. The quantitative estimate of drug-likeness (QED) is 0.686. The SMILES string of the molecule is CC(=O)Oc1ccnc(NC2CCN(Cc3ccc(S(C)(=O)=O)cc3Cl)CC2)n1. The minimum Gasteiger partial charge on any atom is -0.407 e. The van der Waals surface area contributed by atoms with Crippen LogP contribution in [0.25, 0.3) is 0 Å². The lowest BCUT2D eigenvalue weighted by Gasteiger charge is -2.32. The van der Waals surface area contributed by atoms with E-state index in [0.717, 1.165) is 31.5 Å². The van der Waals surface area contributed by atoms with Gasteiger partial charge in [0.2, 0.25) is 11.8 Å². The fourth-order valence-electron chi connectivity index (χ4n) is 3.16. The average molecular weight is 439 g/mol. The number of likely N-dealkylation sites (tertiary alicyclic amines) is 1. The predicted octanol–water partition coefficient (Wildman–Crippen LogP) is 2.54. The van der Waals surface area contributed by atoms with E-state index in [4.69, 9.17) is 16.3 Å². The number of nitrogens with zero attached hydrogens (tertiary/aromatic N) is 3. The topological polar surface area (TPSA) is 101 Å². The first kappa shape index (κ1) is 21.5. The van der Waals surface area contributed by atoms with E-state index in [-0.39, 0.29) is 16.8 Å². The van der Waals surface area contributed by atoms with E-state index in [1.807, 2.05) is 0 Å². The van der Waals surface area contributed by atoms with Crippen LogP contribution in [0.3, 0.4) is 0 Å². The maximum atomic E-state index is 11.6. The van der Waals surface area contributed by atoms with Crippen LogP contribution in [-0.4, -0.2) is 54.6 Å². The number of piperidine rings is 1. The molecule has 0 bridgehead atoms. The van der Waals surface area contributed by atoms with E-state index >= 15 is 0 Å². The Balaban J connectivity index is 1.54. The third kappa shape index (κ3) is 6.12. The molecule has 0 radical (unpaired) electrons. The molecular weight excluding hydrogens is 416 g/mol. The van der Waals surface area contributed by atoms with Crippen molar-refractivity contribution >= 4 is 33.4 Å². The number of sulfone groups is 1. The van der Waals surface area contributed by atoms with E-state index in [1.165, 1.54) is 25.3 Å². The zero-order valence-electron chi connectivity index (χ0n) is 16.3. The summed E-state index contributed by atoms with van der Waals surface area (Å²) >= 11 is 6.29. The van der Waals surface area contributed by atoms with E-state index in [9.17, 15) is 13.2 Å². The third-order valence-corrected chi connectivity index (χ3v) is 6.11. The number of rotatable bonds is 6. The Morgan fingerprint density at radius 1 is 1.31 bits per heavy atom. The first-order chi connectivity index (χ1) is 13.7. The van der Waals surface area contributed by atoms with Crippen LogP contribution in [0.1, 0.15) is 25.3 Å². The van der Waals surface area contributed by atoms with Crippen molar-refractivity contribution in [3.8, 4) is 5.88 Å². The fraction of sp³-hybridized carbons (Fsp3) is 0.421. The molecule has 0 atom stereocenters. The molecule has 0 saturated carbocycles. The number of halogens is 1. The van der Waals surface area contributed by atoms with Crippen LogP contribution in [0.4, 0.5) is 5.95 Å². The molecule has 8 nitrogen and oxygen atoms in total. The number of ether oxygens (including phenoxy) is 1. The van der Waals surface area contributed by atoms with Crippen molar-refractivity contribution in [2.75, 3.05) is 24.7 Å². The Morgan fingerprint density at radius 3 is 2.66 bits per heavy atom. The predicted molar refractivity (Wildman–Crippen MR) is 110 cm³/mol. The Kier molecular flexibility index (Phi) is 6.71. The lowest BCUT2D eigenvalue weighted by Crippen LogP contribution is -2.39. The number of hydrogen-bond donors (Lipinski definition) is 1. The van der Waals surface area contributed by atoms with Gasteiger partial charge in [-0.1, -0.05) is 17.7 Å². The van der Waals surface area contributed by atoms with Crippen molar-refractivity contribution in [2.45, 2.75) is 37.2 Å². The summed E-state index contributed by atoms with van der Waals surface area (Å²) in [6, 6.07) is 6.62. The highest BCUT2D eigenvalue weighted by Gasteiger charge is 2.21. The van der Waals surface area contributed by atoms with E-state index in [2.05, 4.69) is 20.2 Å². The van der Waals surface area contributed by atoms with Crippen molar-refractivity contribution in [3.63, 3.8) is 0 Å². The molecule has 0 unspecified atom stereocenters. The minimum atomic E-state index is -3.27. The first-order valence-electron chi connectivity index (χ1n) is 9.19. The first-order valence-corrected chi connectivity index (χ1v) is 11.5. The smallest absolute Gasteiger partial charge is 0.309 e. The number of nitrogens with one attached hydrogen (secondary N) is 1. The molecule has 1 aliphatic heterocycles. The van der Waals surface area contributed by atoms with Crippen molar-refractivity contribution in [1.29, 1.82) is 0 Å². The number of hydrogen-bond acceptors (Lipinski definition) is 8. The van der Waals surface area contributed by atoms with Gasteiger partial charge in [0, 0.05) is 56.1 Å². The normalized spacial score (nSPS) is 15.8. The number of aromatic nitrogens is 2. The van der Waals surface area contributed by atoms with Crippen LogP contribution in [-0.2, 0) is 21.2 Å². The van der Waals surface area contributed by atoms with Gasteiger partial charge in [-0.15, -0.1) is 0 Å². The minimum absolute atomic E-state index is 0.210. The van der Waals surface area contributed by atoms with Crippen LogP contribution in [0.2, 0.25) is 5.02 Å². The molecule has 1 saturated heterocycles. The lowest BCUT2D eigenvalue weighted by atomic mass is 10.0. The Labute approximate surface area is 175 Å². The summed E-state index contributed by atoms with van der Waals surface area (Å²) in [6.07, 6.45) is 4.49. The van der Waals surface area contributed by atoms with Crippen LogP contribution >= 0.6 is 11.6 Å². The molecule has 3 rings (SSSR count). The summed E-state index contributed by atoms with van der Waals surface area (Å²) in [4.78, 5) is 21.9. The average Bonchev–Trinajstić information content (AvgIpc) is 2.64. The van der Waals surface area contributed by atoms with Crippen LogP contribution < -0.4 is 10.1 Å². The summed E-state index contributed by atoms with van der Waals surface area (Å²) in [7, 11) is -3.27. The van der Waals surface area contributed by atoms with Crippen LogP contribution in [0.15, 0.2) is 35.4 Å². The molecule has 1 aliphatic rings. The van der Waals surface area contributed by atoms with Gasteiger partial charge in [0.05, 0.1) is 4.90 Å². The summed E-state index contributed by atoms with van der Waals surface area (Å²) in [6.45, 7) is 3.69. The highest BCUT2D eigenvalue weighted by Crippen LogP contribution is 2.24. The standard InChI is InChI=1S/C19H23ClN4O4S/c1-13(25)28-18-5-8-21-19(23-18)22-15-6-9-24(10-7-15)12-14-3-4-16(11-17(14)20)29(2,26)27/h3-5,8,11,15H,6-7,9-10,12H2,1-2H3,(H,21,22,23). The van der Waals surface area contributed by atoms with Gasteiger partial charge in [-0.05, 0) is 30.5 Å². The number of carbonyl (C=O) groups is 1. The van der Waals surface area contributed by atoms with Gasteiger partial charge in [-0.3, -0.25) is 9.69 Å².